The van der Waals surface area contributed by atoms with Gasteiger partial charge in [-0.3, -0.25) is 4.79 Å². The third kappa shape index (κ3) is 7.33. The zero-order chi connectivity index (χ0) is 25.2. The number of methoxy groups -OCH3 is 1. The highest BCUT2D eigenvalue weighted by Gasteiger charge is 2.11. The molecule has 0 aliphatic heterocycles. The number of benzene rings is 3. The average molecular weight is 477 g/mol. The van der Waals surface area contributed by atoms with Crippen molar-refractivity contribution in [2.45, 2.75) is 26.9 Å². The van der Waals surface area contributed by atoms with E-state index in [0.717, 1.165) is 23.1 Å². The maximum atomic E-state index is 12.2. The summed E-state index contributed by atoms with van der Waals surface area (Å²) in [4.78, 5) is 23.2. The van der Waals surface area contributed by atoms with E-state index >= 15 is 0 Å². The van der Waals surface area contributed by atoms with E-state index in [1.54, 1.807) is 30.3 Å². The number of carbonyl (C=O) groups excluding carboxylic acids is 1. The number of hydrogen-bond donors (Lipinski definition) is 2. The molecular formula is C27H28N2O6. The summed E-state index contributed by atoms with van der Waals surface area (Å²) < 4.78 is 16.9. The Morgan fingerprint density at radius 3 is 2.49 bits per heavy atom. The summed E-state index contributed by atoms with van der Waals surface area (Å²) in [5.41, 5.74) is 6.25. The van der Waals surface area contributed by atoms with Gasteiger partial charge in [0.2, 0.25) is 0 Å². The standard InChI is InChI=1S/C27H28N2O6/c1-4-19-12-18(2)13-23(14-19)34-17-25(30)29-28-15-22-6-5-7-24(33-3)26(22)35-16-20-8-10-21(11-9-20)27(31)32/h5-15H,4,16-17H2,1-3H3,(H,29,30)(H,31,32)/b28-15+. The zero-order valence-corrected chi connectivity index (χ0v) is 19.9. The Kier molecular flexibility index (Phi) is 8.83. The lowest BCUT2D eigenvalue weighted by Gasteiger charge is -2.13. The smallest absolute Gasteiger partial charge is 0.335 e. The molecule has 3 aromatic carbocycles. The summed E-state index contributed by atoms with van der Waals surface area (Å²) in [6, 6.07) is 17.6. The molecule has 0 aliphatic rings. The van der Waals surface area contributed by atoms with Gasteiger partial charge in [-0.1, -0.05) is 31.2 Å². The fraction of sp³-hybridized carbons (Fsp3) is 0.222. The van der Waals surface area contributed by atoms with Gasteiger partial charge in [-0.25, -0.2) is 10.2 Å². The van der Waals surface area contributed by atoms with E-state index in [-0.39, 0.29) is 18.8 Å². The number of aryl methyl sites for hydroxylation is 2. The highest BCUT2D eigenvalue weighted by molar-refractivity contribution is 5.88. The number of carboxylic acid groups (broad SMARTS) is 1. The Morgan fingerprint density at radius 1 is 1.03 bits per heavy atom. The molecule has 3 aromatic rings. The van der Waals surface area contributed by atoms with Crippen molar-refractivity contribution in [2.24, 2.45) is 5.10 Å². The molecule has 182 valence electrons. The van der Waals surface area contributed by atoms with Crippen LogP contribution in [0.15, 0.2) is 65.8 Å². The Morgan fingerprint density at radius 2 is 1.80 bits per heavy atom. The van der Waals surface area contributed by atoms with Crippen LogP contribution in [-0.4, -0.2) is 36.9 Å². The number of ether oxygens (including phenoxy) is 3. The van der Waals surface area contributed by atoms with Crippen molar-refractivity contribution in [1.29, 1.82) is 0 Å². The third-order valence-corrected chi connectivity index (χ3v) is 5.10. The summed E-state index contributed by atoms with van der Waals surface area (Å²) in [5.74, 6) is 0.193. The number of hydrogen-bond acceptors (Lipinski definition) is 6. The third-order valence-electron chi connectivity index (χ3n) is 5.10. The van der Waals surface area contributed by atoms with Gasteiger partial charge in [0.15, 0.2) is 18.1 Å². The van der Waals surface area contributed by atoms with Crippen molar-refractivity contribution < 1.29 is 28.9 Å². The second-order valence-electron chi connectivity index (χ2n) is 7.76. The van der Waals surface area contributed by atoms with Crippen LogP contribution in [0.5, 0.6) is 17.2 Å². The van der Waals surface area contributed by atoms with Gasteiger partial charge in [0.25, 0.3) is 5.91 Å². The van der Waals surface area contributed by atoms with Gasteiger partial charge in [-0.15, -0.1) is 0 Å². The van der Waals surface area contributed by atoms with Crippen molar-refractivity contribution in [3.8, 4) is 17.2 Å². The van der Waals surface area contributed by atoms with Gasteiger partial charge < -0.3 is 19.3 Å². The van der Waals surface area contributed by atoms with Crippen LogP contribution in [0.3, 0.4) is 0 Å². The van der Waals surface area contributed by atoms with E-state index < -0.39 is 11.9 Å². The molecule has 2 N–H and O–H groups in total. The number of carboxylic acids is 1. The lowest BCUT2D eigenvalue weighted by atomic mass is 10.1. The first kappa shape index (κ1) is 25.3. The number of rotatable bonds is 11. The van der Waals surface area contributed by atoms with Gasteiger partial charge in [0.05, 0.1) is 18.9 Å². The Labute approximate surface area is 204 Å². The molecule has 1 amide bonds. The normalized spacial score (nSPS) is 10.7. The SMILES string of the molecule is CCc1cc(C)cc(OCC(=O)N/N=C/c2cccc(OC)c2OCc2ccc(C(=O)O)cc2)c1. The second-order valence-corrected chi connectivity index (χ2v) is 7.76. The van der Waals surface area contributed by atoms with E-state index in [1.807, 2.05) is 19.1 Å². The van der Waals surface area contributed by atoms with Crippen LogP contribution < -0.4 is 19.6 Å². The molecule has 0 fully saturated rings. The van der Waals surface area contributed by atoms with Crippen molar-refractivity contribution >= 4 is 18.1 Å². The summed E-state index contributed by atoms with van der Waals surface area (Å²) in [5, 5.41) is 13.1. The molecule has 0 atom stereocenters. The highest BCUT2D eigenvalue weighted by atomic mass is 16.5. The minimum absolute atomic E-state index is 0.169. The maximum absolute atomic E-state index is 12.2. The Balaban J connectivity index is 1.61. The molecule has 0 saturated carbocycles. The minimum atomic E-state index is -0.988. The molecule has 0 aliphatic carbocycles. The first-order valence-electron chi connectivity index (χ1n) is 11.1. The van der Waals surface area contributed by atoms with Crippen molar-refractivity contribution in [3.63, 3.8) is 0 Å². The van der Waals surface area contributed by atoms with Gasteiger partial charge in [0, 0.05) is 5.56 Å². The highest BCUT2D eigenvalue weighted by Crippen LogP contribution is 2.31. The molecule has 8 nitrogen and oxygen atoms in total. The molecule has 0 unspecified atom stereocenters. The molecular weight excluding hydrogens is 448 g/mol. The van der Waals surface area contributed by atoms with E-state index in [1.165, 1.54) is 25.5 Å². The van der Waals surface area contributed by atoms with Gasteiger partial charge in [-0.2, -0.15) is 5.10 Å². The fourth-order valence-electron chi connectivity index (χ4n) is 3.32. The molecule has 0 aromatic heterocycles. The van der Waals surface area contributed by atoms with Crippen LogP contribution in [0.1, 0.15) is 39.5 Å². The molecule has 35 heavy (non-hydrogen) atoms. The van der Waals surface area contributed by atoms with Crippen molar-refractivity contribution in [3.05, 3.63) is 88.5 Å². The molecule has 0 heterocycles. The molecule has 0 saturated heterocycles. The monoisotopic (exact) mass is 476 g/mol. The first-order chi connectivity index (χ1) is 16.9. The van der Waals surface area contributed by atoms with Crippen molar-refractivity contribution in [2.75, 3.05) is 13.7 Å². The van der Waals surface area contributed by atoms with E-state index in [4.69, 9.17) is 19.3 Å². The lowest BCUT2D eigenvalue weighted by molar-refractivity contribution is -0.123. The van der Waals surface area contributed by atoms with Gasteiger partial charge in [-0.05, 0) is 66.4 Å². The van der Waals surface area contributed by atoms with Gasteiger partial charge in [0.1, 0.15) is 12.4 Å². The maximum Gasteiger partial charge on any atom is 0.335 e. The summed E-state index contributed by atoms with van der Waals surface area (Å²) in [6.45, 7) is 4.07. The molecule has 8 heteroatoms. The number of nitrogens with zero attached hydrogens (tertiary/aromatic N) is 1. The van der Waals surface area contributed by atoms with Crippen LogP contribution in [0.25, 0.3) is 0 Å². The predicted molar refractivity (Wildman–Crippen MR) is 133 cm³/mol. The van der Waals surface area contributed by atoms with Crippen LogP contribution in [0.2, 0.25) is 0 Å². The van der Waals surface area contributed by atoms with Crippen LogP contribution >= 0.6 is 0 Å². The summed E-state index contributed by atoms with van der Waals surface area (Å²) in [7, 11) is 1.53. The lowest BCUT2D eigenvalue weighted by Crippen LogP contribution is -2.24. The number of nitrogens with one attached hydrogen (secondary N) is 1. The topological polar surface area (TPSA) is 106 Å². The van der Waals surface area contributed by atoms with Crippen LogP contribution in [-0.2, 0) is 17.8 Å². The average Bonchev–Trinajstić information content (AvgIpc) is 2.86. The van der Waals surface area contributed by atoms with Crippen LogP contribution in [0.4, 0.5) is 0 Å². The largest absolute Gasteiger partial charge is 0.493 e. The van der Waals surface area contributed by atoms with E-state index in [9.17, 15) is 9.59 Å². The van der Waals surface area contributed by atoms with E-state index in [0.29, 0.717) is 22.8 Å². The number of para-hydroxylation sites is 1. The fourth-order valence-corrected chi connectivity index (χ4v) is 3.32. The number of aromatic carboxylic acids is 1. The number of carbonyl (C=O) groups is 2. The first-order valence-corrected chi connectivity index (χ1v) is 11.1. The Bertz CT molecular complexity index is 1200. The minimum Gasteiger partial charge on any atom is -0.493 e. The summed E-state index contributed by atoms with van der Waals surface area (Å²) >= 11 is 0. The second kappa shape index (κ2) is 12.2. The zero-order valence-electron chi connectivity index (χ0n) is 19.9. The summed E-state index contributed by atoms with van der Waals surface area (Å²) in [6.07, 6.45) is 2.35. The van der Waals surface area contributed by atoms with E-state index in [2.05, 4.69) is 23.5 Å². The number of amides is 1. The van der Waals surface area contributed by atoms with Gasteiger partial charge >= 0.3 is 5.97 Å². The molecule has 0 radical (unpaired) electrons. The molecule has 0 spiro atoms. The van der Waals surface area contributed by atoms with Crippen molar-refractivity contribution in [1.82, 2.24) is 5.43 Å². The Hall–Kier alpha value is -4.33. The molecule has 3 rings (SSSR count). The number of hydrazone groups is 1. The molecule has 0 bridgehead atoms. The predicted octanol–water partition coefficient (Wildman–Crippen LogP) is 4.37. The quantitative estimate of drug-likeness (QED) is 0.314. The van der Waals surface area contributed by atoms with Crippen LogP contribution in [0, 0.1) is 6.92 Å².